The standard InChI is InChI=1S/C17H23NO5/c1-11(2)10-23-14-7-6-12(9-15(14)22-3)16(19)18-8-4-5-13(18)17(20)21/h6-7,9,11,13H,4-5,8,10H2,1-3H3,(H,20,21)/t13-/m0/s1. The van der Waals surface area contributed by atoms with Gasteiger partial charge in [0.05, 0.1) is 13.7 Å². The quantitative estimate of drug-likeness (QED) is 0.871. The Labute approximate surface area is 136 Å². The summed E-state index contributed by atoms with van der Waals surface area (Å²) < 4.78 is 11.0. The van der Waals surface area contributed by atoms with Crippen LogP contribution in [-0.4, -0.2) is 48.2 Å². The molecule has 1 saturated heterocycles. The van der Waals surface area contributed by atoms with E-state index in [1.165, 1.54) is 12.0 Å². The van der Waals surface area contributed by atoms with Crippen molar-refractivity contribution in [2.45, 2.75) is 32.7 Å². The number of nitrogens with zero attached hydrogens (tertiary/aromatic N) is 1. The Morgan fingerprint density at radius 3 is 2.70 bits per heavy atom. The van der Waals surface area contributed by atoms with Crippen molar-refractivity contribution in [1.29, 1.82) is 0 Å². The van der Waals surface area contributed by atoms with Crippen LogP contribution in [0, 0.1) is 5.92 Å². The molecule has 126 valence electrons. The predicted octanol–water partition coefficient (Wildman–Crippen LogP) is 2.42. The van der Waals surface area contributed by atoms with Crippen LogP contribution in [0.15, 0.2) is 18.2 Å². The number of methoxy groups -OCH3 is 1. The van der Waals surface area contributed by atoms with E-state index < -0.39 is 12.0 Å². The van der Waals surface area contributed by atoms with Gasteiger partial charge >= 0.3 is 5.97 Å². The zero-order chi connectivity index (χ0) is 17.0. The molecule has 0 saturated carbocycles. The van der Waals surface area contributed by atoms with Gasteiger partial charge in [0.2, 0.25) is 0 Å². The molecule has 1 heterocycles. The Morgan fingerprint density at radius 1 is 1.35 bits per heavy atom. The van der Waals surface area contributed by atoms with Crippen molar-refractivity contribution < 1.29 is 24.2 Å². The first-order chi connectivity index (χ1) is 10.9. The van der Waals surface area contributed by atoms with E-state index in [2.05, 4.69) is 0 Å². The van der Waals surface area contributed by atoms with Crippen LogP contribution >= 0.6 is 0 Å². The van der Waals surface area contributed by atoms with Gasteiger partial charge < -0.3 is 19.5 Å². The van der Waals surface area contributed by atoms with E-state index >= 15 is 0 Å². The molecule has 0 spiro atoms. The molecule has 1 aromatic carbocycles. The molecule has 0 bridgehead atoms. The number of aliphatic carboxylic acids is 1. The van der Waals surface area contributed by atoms with Crippen LogP contribution in [0.4, 0.5) is 0 Å². The molecule has 2 rings (SSSR count). The lowest BCUT2D eigenvalue weighted by molar-refractivity contribution is -0.141. The second-order valence-electron chi connectivity index (χ2n) is 6.07. The molecule has 1 N–H and O–H groups in total. The van der Waals surface area contributed by atoms with Gasteiger partial charge in [-0.2, -0.15) is 0 Å². The molecular weight excluding hydrogens is 298 g/mol. The SMILES string of the molecule is COc1cc(C(=O)N2CCC[C@H]2C(=O)O)ccc1OCC(C)C. The number of benzene rings is 1. The van der Waals surface area contributed by atoms with Crippen molar-refractivity contribution >= 4 is 11.9 Å². The maximum atomic E-state index is 12.6. The lowest BCUT2D eigenvalue weighted by Crippen LogP contribution is -2.40. The Kier molecular flexibility index (Phi) is 5.47. The first-order valence-electron chi connectivity index (χ1n) is 7.78. The minimum Gasteiger partial charge on any atom is -0.493 e. The summed E-state index contributed by atoms with van der Waals surface area (Å²) in [6, 6.07) is 4.21. The predicted molar refractivity (Wildman–Crippen MR) is 85.0 cm³/mol. The Morgan fingerprint density at radius 2 is 2.09 bits per heavy atom. The maximum Gasteiger partial charge on any atom is 0.326 e. The Hall–Kier alpha value is -2.24. The van der Waals surface area contributed by atoms with Crippen LogP contribution in [0.1, 0.15) is 37.0 Å². The minimum absolute atomic E-state index is 0.288. The largest absolute Gasteiger partial charge is 0.493 e. The van der Waals surface area contributed by atoms with Crippen molar-refractivity contribution in [2.75, 3.05) is 20.3 Å². The van der Waals surface area contributed by atoms with E-state index in [0.717, 1.165) is 0 Å². The summed E-state index contributed by atoms with van der Waals surface area (Å²) in [6.45, 7) is 5.11. The third-order valence-electron chi connectivity index (χ3n) is 3.78. The smallest absolute Gasteiger partial charge is 0.326 e. The topological polar surface area (TPSA) is 76.1 Å². The third kappa shape index (κ3) is 3.94. The number of carbonyl (C=O) groups excluding carboxylic acids is 1. The zero-order valence-corrected chi connectivity index (χ0v) is 13.7. The summed E-state index contributed by atoms with van der Waals surface area (Å²) in [6.07, 6.45) is 1.20. The fourth-order valence-corrected chi connectivity index (χ4v) is 2.61. The van der Waals surface area contributed by atoms with Gasteiger partial charge in [-0.05, 0) is 37.0 Å². The van der Waals surface area contributed by atoms with Crippen molar-refractivity contribution in [3.05, 3.63) is 23.8 Å². The Balaban J connectivity index is 2.19. The lowest BCUT2D eigenvalue weighted by atomic mass is 10.1. The molecule has 23 heavy (non-hydrogen) atoms. The lowest BCUT2D eigenvalue weighted by Gasteiger charge is -2.22. The molecule has 6 heteroatoms. The maximum absolute atomic E-state index is 12.6. The summed E-state index contributed by atoms with van der Waals surface area (Å²) in [4.78, 5) is 25.2. The second-order valence-corrected chi connectivity index (χ2v) is 6.07. The van der Waals surface area contributed by atoms with Crippen molar-refractivity contribution in [1.82, 2.24) is 4.90 Å². The average molecular weight is 321 g/mol. The average Bonchev–Trinajstić information content (AvgIpc) is 3.01. The number of ether oxygens (including phenoxy) is 2. The highest BCUT2D eigenvalue weighted by Gasteiger charge is 2.34. The molecule has 0 unspecified atom stereocenters. The normalized spacial score (nSPS) is 17.4. The van der Waals surface area contributed by atoms with E-state index in [1.807, 2.05) is 13.8 Å². The molecule has 0 aromatic heterocycles. The number of amides is 1. The molecule has 0 radical (unpaired) electrons. The number of carbonyl (C=O) groups is 2. The fraction of sp³-hybridized carbons (Fsp3) is 0.529. The van der Waals surface area contributed by atoms with E-state index in [4.69, 9.17) is 9.47 Å². The molecule has 6 nitrogen and oxygen atoms in total. The van der Waals surface area contributed by atoms with Gasteiger partial charge in [0.1, 0.15) is 6.04 Å². The first kappa shape index (κ1) is 17.1. The van der Waals surface area contributed by atoms with E-state index in [-0.39, 0.29) is 5.91 Å². The summed E-state index contributed by atoms with van der Waals surface area (Å²) in [5.41, 5.74) is 0.409. The monoisotopic (exact) mass is 321 g/mol. The number of carboxylic acids is 1. The zero-order valence-electron chi connectivity index (χ0n) is 13.7. The highest BCUT2D eigenvalue weighted by molar-refractivity contribution is 5.97. The fourth-order valence-electron chi connectivity index (χ4n) is 2.61. The summed E-state index contributed by atoms with van der Waals surface area (Å²) in [5.74, 6) is 0.182. The van der Waals surface area contributed by atoms with E-state index in [0.29, 0.717) is 49.0 Å². The van der Waals surface area contributed by atoms with Crippen LogP contribution in [-0.2, 0) is 4.79 Å². The summed E-state index contributed by atoms with van der Waals surface area (Å²) >= 11 is 0. The Bertz CT molecular complexity index is 584. The molecule has 1 atom stereocenters. The van der Waals surface area contributed by atoms with Crippen molar-refractivity contribution in [2.24, 2.45) is 5.92 Å². The summed E-state index contributed by atoms with van der Waals surface area (Å²) in [7, 11) is 1.52. The molecule has 1 aliphatic heterocycles. The van der Waals surface area contributed by atoms with Gasteiger partial charge in [0, 0.05) is 12.1 Å². The van der Waals surface area contributed by atoms with E-state index in [1.54, 1.807) is 18.2 Å². The number of hydrogen-bond donors (Lipinski definition) is 1. The van der Waals surface area contributed by atoms with Crippen LogP contribution in [0.2, 0.25) is 0 Å². The van der Waals surface area contributed by atoms with Gasteiger partial charge in [0.25, 0.3) is 5.91 Å². The number of likely N-dealkylation sites (tertiary alicyclic amines) is 1. The van der Waals surface area contributed by atoms with Gasteiger partial charge in [-0.25, -0.2) is 4.79 Å². The van der Waals surface area contributed by atoms with E-state index in [9.17, 15) is 14.7 Å². The molecule has 1 amide bonds. The highest BCUT2D eigenvalue weighted by Crippen LogP contribution is 2.30. The second kappa shape index (κ2) is 7.35. The molecular formula is C17H23NO5. The summed E-state index contributed by atoms with van der Waals surface area (Å²) in [5, 5.41) is 9.21. The van der Waals surface area contributed by atoms with Crippen LogP contribution < -0.4 is 9.47 Å². The van der Waals surface area contributed by atoms with Crippen LogP contribution in [0.25, 0.3) is 0 Å². The molecule has 1 aliphatic rings. The minimum atomic E-state index is -0.959. The molecule has 1 fully saturated rings. The van der Waals surface area contributed by atoms with Crippen LogP contribution in [0.5, 0.6) is 11.5 Å². The van der Waals surface area contributed by atoms with Crippen molar-refractivity contribution in [3.8, 4) is 11.5 Å². The first-order valence-corrected chi connectivity index (χ1v) is 7.78. The van der Waals surface area contributed by atoms with Gasteiger partial charge in [0.15, 0.2) is 11.5 Å². The number of carboxylic acid groups (broad SMARTS) is 1. The van der Waals surface area contributed by atoms with Crippen molar-refractivity contribution in [3.63, 3.8) is 0 Å². The van der Waals surface area contributed by atoms with Gasteiger partial charge in [-0.3, -0.25) is 4.79 Å². The van der Waals surface area contributed by atoms with Gasteiger partial charge in [-0.1, -0.05) is 13.8 Å². The molecule has 1 aromatic rings. The van der Waals surface area contributed by atoms with Gasteiger partial charge in [-0.15, -0.1) is 0 Å². The molecule has 0 aliphatic carbocycles. The highest BCUT2D eigenvalue weighted by atomic mass is 16.5. The number of hydrogen-bond acceptors (Lipinski definition) is 4. The third-order valence-corrected chi connectivity index (χ3v) is 3.78. The number of rotatable bonds is 6. The van der Waals surface area contributed by atoms with Crippen LogP contribution in [0.3, 0.4) is 0 Å².